The van der Waals surface area contributed by atoms with Crippen LogP contribution in [-0.2, 0) is 48.9 Å². The van der Waals surface area contributed by atoms with Crippen molar-refractivity contribution in [2.45, 2.75) is 6.92 Å². The third-order valence-electron chi connectivity index (χ3n) is 0.337. The van der Waals surface area contributed by atoms with Gasteiger partial charge in [-0.05, 0) is 0 Å². The molecule has 8 heavy (non-hydrogen) atoms. The fourth-order valence-corrected chi connectivity index (χ4v) is 0. The normalized spacial score (nSPS) is 5.62. The molecule has 0 fully saturated rings. The van der Waals surface area contributed by atoms with Crippen LogP contribution in [0.5, 0.6) is 0 Å². The zero-order chi connectivity index (χ0) is 5.15. The number of hydrogen-bond acceptors (Lipinski definition) is 1. The van der Waals surface area contributed by atoms with Crippen molar-refractivity contribution >= 4 is 5.97 Å². The van der Waals surface area contributed by atoms with Crippen LogP contribution in [0.2, 0.25) is 0 Å². The Balaban J connectivity index is -0.000000125. The van der Waals surface area contributed by atoms with E-state index < -0.39 is 5.97 Å². The minimum Gasteiger partial charge on any atom is -0.562 e. The number of carboxylic acid groups (broad SMARTS) is 1. The number of carboxylic acids is 1. The van der Waals surface area contributed by atoms with Crippen LogP contribution >= 0.6 is 0 Å². The number of carbonyl (C=O) groups is 1. The predicted molar refractivity (Wildman–Crippen MR) is 21.1 cm³/mol. The molecular formula is C4H5NbO2Ti-. The molecule has 0 aliphatic heterocycles. The smallest absolute Gasteiger partial charge is 0.168 e. The summed E-state index contributed by atoms with van der Waals surface area (Å²) in [6, 6.07) is 0. The average molecular weight is 226 g/mol. The van der Waals surface area contributed by atoms with Gasteiger partial charge in [0.2, 0.25) is 0 Å². The molecule has 0 aromatic carbocycles. The summed E-state index contributed by atoms with van der Waals surface area (Å²) in [5.74, 6) is -1.05. The monoisotopic (exact) mass is 226 g/mol. The van der Waals surface area contributed by atoms with E-state index in [9.17, 15) is 4.79 Å². The summed E-state index contributed by atoms with van der Waals surface area (Å²) >= 11 is 0. The quantitative estimate of drug-likeness (QED) is 0.400. The molecule has 0 aliphatic carbocycles. The van der Waals surface area contributed by atoms with Crippen molar-refractivity contribution in [2.75, 3.05) is 0 Å². The first-order chi connectivity index (χ1) is 2.64. The van der Waals surface area contributed by atoms with Crippen LogP contribution in [0.1, 0.15) is 6.92 Å². The average Bonchev–Trinajstić information content (AvgIpc) is 1.36. The molecule has 0 aliphatic rings. The molecule has 0 amide bonds. The van der Waals surface area contributed by atoms with Crippen molar-refractivity contribution in [3.63, 3.8) is 0 Å². The molecule has 0 unspecified atom stereocenters. The second-order valence-corrected chi connectivity index (χ2v) is 0.988. The van der Waals surface area contributed by atoms with Crippen LogP contribution in [-0.4, -0.2) is 11.1 Å². The fraction of sp³-hybridized carbons (Fsp3) is 0.250. The summed E-state index contributed by atoms with van der Waals surface area (Å²) in [5.41, 5.74) is -0.0741. The zero-order valence-corrected chi connectivity index (χ0v) is 8.14. The second kappa shape index (κ2) is 7.66. The van der Waals surface area contributed by atoms with E-state index in [2.05, 4.69) is 0 Å². The maximum absolute atomic E-state index is 9.54. The van der Waals surface area contributed by atoms with Crippen LogP contribution in [0.4, 0.5) is 0 Å². The van der Waals surface area contributed by atoms with Crippen molar-refractivity contribution < 1.29 is 54.0 Å². The van der Waals surface area contributed by atoms with Crippen LogP contribution in [0.25, 0.3) is 0 Å². The predicted octanol–water partition coefficient (Wildman–Crippen LogP) is 0.445. The van der Waals surface area contributed by atoms with Crippen LogP contribution in [0.15, 0.2) is 5.57 Å². The van der Waals surface area contributed by atoms with Gasteiger partial charge in [0, 0.05) is 44.1 Å². The number of hydrogen-bond donors (Lipinski definition) is 1. The molecule has 0 bridgehead atoms. The van der Waals surface area contributed by atoms with Gasteiger partial charge in [-0.2, -0.15) is 0 Å². The van der Waals surface area contributed by atoms with Crippen molar-refractivity contribution in [3.05, 3.63) is 12.2 Å². The maximum Gasteiger partial charge on any atom is 0.168 e. The Morgan fingerprint density at radius 2 is 1.75 bits per heavy atom. The summed E-state index contributed by atoms with van der Waals surface area (Å²) in [5, 5.41) is 7.83. The van der Waals surface area contributed by atoms with Gasteiger partial charge in [0.25, 0.3) is 0 Å². The van der Waals surface area contributed by atoms with E-state index in [0.29, 0.717) is 0 Å². The largest absolute Gasteiger partial charge is 0.562 e. The van der Waals surface area contributed by atoms with Gasteiger partial charge in [-0.15, -0.1) is 5.57 Å². The molecule has 2 nitrogen and oxygen atoms in total. The van der Waals surface area contributed by atoms with Crippen molar-refractivity contribution in [2.24, 2.45) is 0 Å². The maximum atomic E-state index is 9.54. The topological polar surface area (TPSA) is 37.3 Å². The first-order valence-electron chi connectivity index (χ1n) is 1.47. The molecule has 1 N–H and O–H groups in total. The van der Waals surface area contributed by atoms with E-state index >= 15 is 0 Å². The fourth-order valence-electron chi connectivity index (χ4n) is 0. The Labute approximate surface area is 78.7 Å². The third kappa shape index (κ3) is 9.83. The van der Waals surface area contributed by atoms with Gasteiger partial charge in [0.15, 0.2) is 5.97 Å². The molecule has 0 rings (SSSR count). The molecule has 4 heteroatoms. The number of aliphatic carboxylic acids is 1. The van der Waals surface area contributed by atoms with Crippen LogP contribution < -0.4 is 0 Å². The van der Waals surface area contributed by atoms with Gasteiger partial charge >= 0.3 is 0 Å². The Hall–Kier alpha value is 0.665. The van der Waals surface area contributed by atoms with E-state index in [1.54, 1.807) is 0 Å². The Morgan fingerprint density at radius 3 is 1.75 bits per heavy atom. The molecule has 0 aromatic heterocycles. The summed E-state index contributed by atoms with van der Waals surface area (Å²) in [4.78, 5) is 9.54. The zero-order valence-electron chi connectivity index (χ0n) is 4.38. The SMILES string of the molecule is [CH-]=C(C)C(=O)O.[Nb].[Ti]. The minimum absolute atomic E-state index is 0. The standard InChI is InChI=1S/C4H5O2.Nb.Ti/c1-3(2)4(5)6;;/h1H,2H3,(H,5,6);;/q-1;;. The van der Waals surface area contributed by atoms with Crippen LogP contribution in [0, 0.1) is 6.58 Å². The summed E-state index contributed by atoms with van der Waals surface area (Å²) in [6.07, 6.45) is 0. The summed E-state index contributed by atoms with van der Waals surface area (Å²) < 4.78 is 0. The second-order valence-electron chi connectivity index (χ2n) is 0.988. The minimum atomic E-state index is -1.05. The van der Waals surface area contributed by atoms with Crippen molar-refractivity contribution in [3.8, 4) is 0 Å². The number of rotatable bonds is 1. The van der Waals surface area contributed by atoms with Crippen molar-refractivity contribution in [1.82, 2.24) is 0 Å². The van der Waals surface area contributed by atoms with E-state index in [1.165, 1.54) is 6.92 Å². The molecule has 43 valence electrons. The molecule has 0 spiro atoms. The first kappa shape index (κ1) is 15.9. The van der Waals surface area contributed by atoms with E-state index in [0.717, 1.165) is 0 Å². The Bertz CT molecular complexity index is 80.0. The van der Waals surface area contributed by atoms with E-state index in [1.807, 2.05) is 0 Å². The Morgan fingerprint density at radius 1 is 1.62 bits per heavy atom. The van der Waals surface area contributed by atoms with Crippen LogP contribution in [0.3, 0.4) is 0 Å². The first-order valence-corrected chi connectivity index (χ1v) is 1.47. The molecular weight excluding hydrogens is 221 g/mol. The third-order valence-corrected chi connectivity index (χ3v) is 0.337. The van der Waals surface area contributed by atoms with E-state index in [4.69, 9.17) is 11.7 Å². The molecule has 0 aromatic rings. The van der Waals surface area contributed by atoms with Gasteiger partial charge in [0.05, 0.1) is 0 Å². The molecule has 1 radical (unpaired) electrons. The van der Waals surface area contributed by atoms with Gasteiger partial charge in [-0.25, -0.2) is 0 Å². The molecule has 0 saturated heterocycles. The summed E-state index contributed by atoms with van der Waals surface area (Å²) in [7, 11) is 0. The molecule has 0 atom stereocenters. The Kier molecular flexibility index (Phi) is 15.2. The van der Waals surface area contributed by atoms with E-state index in [-0.39, 0.29) is 49.7 Å². The van der Waals surface area contributed by atoms with Gasteiger partial charge in [-0.3, -0.25) is 6.58 Å². The van der Waals surface area contributed by atoms with Gasteiger partial charge in [0.1, 0.15) is 0 Å². The van der Waals surface area contributed by atoms with Crippen molar-refractivity contribution in [1.29, 1.82) is 0 Å². The summed E-state index contributed by atoms with van der Waals surface area (Å²) in [6.45, 7) is 6.09. The van der Waals surface area contributed by atoms with Gasteiger partial charge in [-0.1, -0.05) is 6.92 Å². The van der Waals surface area contributed by atoms with Gasteiger partial charge < -0.3 is 9.90 Å². The molecule has 0 saturated carbocycles. The molecule has 0 heterocycles.